The Balaban J connectivity index is 2.43. The van der Waals surface area contributed by atoms with Crippen molar-refractivity contribution >= 4 is 0 Å². The normalized spacial score (nSPS) is 15.1. The van der Waals surface area contributed by atoms with Gasteiger partial charge in [0, 0.05) is 32.0 Å². The van der Waals surface area contributed by atoms with Crippen molar-refractivity contribution in [3.63, 3.8) is 0 Å². The molecule has 86 valence electrons. The second kappa shape index (κ2) is 6.55. The lowest BCUT2D eigenvalue weighted by atomic mass is 10.1. The Morgan fingerprint density at radius 2 is 2.47 bits per heavy atom. The average molecular weight is 213 g/mol. The number of nitrogens with zero attached hydrogens (tertiary/aromatic N) is 1. The summed E-state index contributed by atoms with van der Waals surface area (Å²) in [4.78, 5) is 0. The van der Waals surface area contributed by atoms with Crippen molar-refractivity contribution in [1.82, 2.24) is 15.5 Å². The lowest BCUT2D eigenvalue weighted by Gasteiger charge is -2.21. The maximum atomic E-state index is 8.89. The second-order valence-electron chi connectivity index (χ2n) is 3.56. The monoisotopic (exact) mass is 213 g/mol. The van der Waals surface area contributed by atoms with Gasteiger partial charge in [-0.1, -0.05) is 0 Å². The third kappa shape index (κ3) is 3.99. The minimum atomic E-state index is 0.163. The highest BCUT2D eigenvalue weighted by Crippen LogP contribution is 2.09. The molecule has 5 nitrogen and oxygen atoms in total. The van der Waals surface area contributed by atoms with E-state index in [0.717, 1.165) is 5.69 Å². The molecule has 0 aliphatic carbocycles. The molecule has 0 radical (unpaired) electrons. The van der Waals surface area contributed by atoms with E-state index in [4.69, 9.17) is 9.84 Å². The number of aromatic amines is 1. The first kappa shape index (κ1) is 12.2. The SMILES string of the molecule is COCC(CCO)NC(C)c1ccn[nH]1. The van der Waals surface area contributed by atoms with Crippen LogP contribution in [0.25, 0.3) is 0 Å². The van der Waals surface area contributed by atoms with Gasteiger partial charge in [0.25, 0.3) is 0 Å². The molecule has 0 aromatic carbocycles. The molecule has 1 heterocycles. The molecule has 0 amide bonds. The zero-order valence-electron chi connectivity index (χ0n) is 9.23. The molecular weight excluding hydrogens is 194 g/mol. The van der Waals surface area contributed by atoms with Crippen molar-refractivity contribution in [2.75, 3.05) is 20.3 Å². The van der Waals surface area contributed by atoms with Crippen LogP contribution in [0, 0.1) is 0 Å². The maximum Gasteiger partial charge on any atom is 0.0616 e. The van der Waals surface area contributed by atoms with Gasteiger partial charge in [-0.25, -0.2) is 0 Å². The fourth-order valence-corrected chi connectivity index (χ4v) is 1.52. The summed E-state index contributed by atoms with van der Waals surface area (Å²) < 4.78 is 5.08. The molecule has 0 fully saturated rings. The quantitative estimate of drug-likeness (QED) is 0.615. The number of methoxy groups -OCH3 is 1. The summed E-state index contributed by atoms with van der Waals surface area (Å²) in [5, 5.41) is 19.1. The van der Waals surface area contributed by atoms with Crippen molar-refractivity contribution in [1.29, 1.82) is 0 Å². The van der Waals surface area contributed by atoms with Gasteiger partial charge in [-0.3, -0.25) is 5.10 Å². The van der Waals surface area contributed by atoms with Gasteiger partial charge in [0.15, 0.2) is 0 Å². The molecule has 1 aromatic rings. The van der Waals surface area contributed by atoms with Crippen molar-refractivity contribution in [3.05, 3.63) is 18.0 Å². The number of nitrogens with one attached hydrogen (secondary N) is 2. The van der Waals surface area contributed by atoms with E-state index in [0.29, 0.717) is 13.0 Å². The van der Waals surface area contributed by atoms with Gasteiger partial charge in [0.1, 0.15) is 0 Å². The van der Waals surface area contributed by atoms with Crippen molar-refractivity contribution in [2.45, 2.75) is 25.4 Å². The Hall–Kier alpha value is -0.910. The summed E-state index contributed by atoms with van der Waals surface area (Å²) in [6.07, 6.45) is 2.41. The van der Waals surface area contributed by atoms with Crippen LogP contribution in [0.3, 0.4) is 0 Å². The average Bonchev–Trinajstić information content (AvgIpc) is 2.71. The van der Waals surface area contributed by atoms with E-state index < -0.39 is 0 Å². The van der Waals surface area contributed by atoms with Crippen LogP contribution in [0.2, 0.25) is 0 Å². The Kier molecular flexibility index (Phi) is 5.31. The molecule has 0 aliphatic heterocycles. The zero-order chi connectivity index (χ0) is 11.1. The van der Waals surface area contributed by atoms with Gasteiger partial charge in [0.05, 0.1) is 12.3 Å². The number of aliphatic hydroxyl groups is 1. The first-order valence-electron chi connectivity index (χ1n) is 5.13. The van der Waals surface area contributed by atoms with Gasteiger partial charge in [-0.05, 0) is 19.4 Å². The van der Waals surface area contributed by atoms with E-state index in [9.17, 15) is 0 Å². The third-order valence-electron chi connectivity index (χ3n) is 2.32. The topological polar surface area (TPSA) is 70.2 Å². The first-order valence-corrected chi connectivity index (χ1v) is 5.13. The Labute approximate surface area is 89.8 Å². The molecule has 2 unspecified atom stereocenters. The molecule has 0 spiro atoms. The smallest absolute Gasteiger partial charge is 0.0616 e. The van der Waals surface area contributed by atoms with Gasteiger partial charge in [-0.2, -0.15) is 5.10 Å². The van der Waals surface area contributed by atoms with Crippen LogP contribution in [0.1, 0.15) is 25.1 Å². The van der Waals surface area contributed by atoms with E-state index in [1.54, 1.807) is 13.3 Å². The second-order valence-corrected chi connectivity index (χ2v) is 3.56. The first-order chi connectivity index (χ1) is 7.27. The van der Waals surface area contributed by atoms with Crippen LogP contribution in [0.4, 0.5) is 0 Å². The number of ether oxygens (including phenoxy) is 1. The number of aliphatic hydroxyl groups excluding tert-OH is 1. The summed E-state index contributed by atoms with van der Waals surface area (Å²) >= 11 is 0. The molecular formula is C10H19N3O2. The lowest BCUT2D eigenvalue weighted by molar-refractivity contribution is 0.143. The molecule has 1 aromatic heterocycles. The predicted octanol–water partition coefficient (Wildman–Crippen LogP) is 0.458. The Bertz CT molecular complexity index is 245. The minimum absolute atomic E-state index is 0.163. The van der Waals surface area contributed by atoms with Gasteiger partial charge >= 0.3 is 0 Å². The van der Waals surface area contributed by atoms with Gasteiger partial charge in [0.2, 0.25) is 0 Å². The van der Waals surface area contributed by atoms with Gasteiger partial charge < -0.3 is 15.2 Å². The van der Waals surface area contributed by atoms with E-state index in [-0.39, 0.29) is 18.7 Å². The van der Waals surface area contributed by atoms with Crippen LogP contribution in [-0.4, -0.2) is 41.7 Å². The summed E-state index contributed by atoms with van der Waals surface area (Å²) in [5.41, 5.74) is 1.04. The molecule has 0 saturated carbocycles. The molecule has 1 rings (SSSR count). The molecule has 15 heavy (non-hydrogen) atoms. The van der Waals surface area contributed by atoms with E-state index in [1.807, 2.05) is 13.0 Å². The molecule has 0 bridgehead atoms. The fourth-order valence-electron chi connectivity index (χ4n) is 1.52. The van der Waals surface area contributed by atoms with Crippen LogP contribution in [0.15, 0.2) is 12.3 Å². The number of hydrogen-bond donors (Lipinski definition) is 3. The van der Waals surface area contributed by atoms with Crippen molar-refractivity contribution < 1.29 is 9.84 Å². The van der Waals surface area contributed by atoms with Crippen LogP contribution >= 0.6 is 0 Å². The highest BCUT2D eigenvalue weighted by Gasteiger charge is 2.13. The number of aromatic nitrogens is 2. The Morgan fingerprint density at radius 1 is 1.67 bits per heavy atom. The predicted molar refractivity (Wildman–Crippen MR) is 57.5 cm³/mol. The summed E-state index contributed by atoms with van der Waals surface area (Å²) in [7, 11) is 1.66. The number of rotatable bonds is 7. The maximum absolute atomic E-state index is 8.89. The highest BCUT2D eigenvalue weighted by molar-refractivity contribution is 5.03. The fraction of sp³-hybridized carbons (Fsp3) is 0.700. The van der Waals surface area contributed by atoms with Crippen molar-refractivity contribution in [3.8, 4) is 0 Å². The molecule has 2 atom stereocenters. The van der Waals surface area contributed by atoms with Crippen LogP contribution in [0.5, 0.6) is 0 Å². The molecule has 0 aliphatic rings. The zero-order valence-corrected chi connectivity index (χ0v) is 9.23. The van der Waals surface area contributed by atoms with Crippen LogP contribution < -0.4 is 5.32 Å². The summed E-state index contributed by atoms with van der Waals surface area (Å²) in [6.45, 7) is 2.81. The summed E-state index contributed by atoms with van der Waals surface area (Å²) in [6, 6.07) is 2.28. The Morgan fingerprint density at radius 3 is 3.00 bits per heavy atom. The molecule has 5 heteroatoms. The van der Waals surface area contributed by atoms with E-state index in [1.165, 1.54) is 0 Å². The van der Waals surface area contributed by atoms with Crippen LogP contribution in [-0.2, 0) is 4.74 Å². The number of hydrogen-bond acceptors (Lipinski definition) is 4. The lowest BCUT2D eigenvalue weighted by Crippen LogP contribution is -2.36. The number of H-pyrrole nitrogens is 1. The van der Waals surface area contributed by atoms with E-state index in [2.05, 4.69) is 15.5 Å². The van der Waals surface area contributed by atoms with E-state index >= 15 is 0 Å². The van der Waals surface area contributed by atoms with Crippen molar-refractivity contribution in [2.24, 2.45) is 0 Å². The molecule has 0 saturated heterocycles. The highest BCUT2D eigenvalue weighted by atomic mass is 16.5. The summed E-state index contributed by atoms with van der Waals surface area (Å²) in [5.74, 6) is 0. The molecule has 3 N–H and O–H groups in total. The largest absolute Gasteiger partial charge is 0.396 e. The minimum Gasteiger partial charge on any atom is -0.396 e. The van der Waals surface area contributed by atoms with Gasteiger partial charge in [-0.15, -0.1) is 0 Å². The third-order valence-corrected chi connectivity index (χ3v) is 2.32. The standard InChI is InChI=1S/C10H19N3O2/c1-8(10-3-5-11-13-10)12-9(4-6-14)7-15-2/h3,5,8-9,12,14H,4,6-7H2,1-2H3,(H,11,13).